The molecule has 1 amide bonds. The van der Waals surface area contributed by atoms with Gasteiger partial charge < -0.3 is 16.8 Å². The van der Waals surface area contributed by atoms with Crippen molar-refractivity contribution in [3.05, 3.63) is 23.8 Å². The first kappa shape index (κ1) is 13.7. The Morgan fingerprint density at radius 3 is 2.68 bits per heavy atom. The van der Waals surface area contributed by atoms with Crippen LogP contribution >= 0.6 is 0 Å². The molecule has 19 heavy (non-hydrogen) atoms. The van der Waals surface area contributed by atoms with Crippen molar-refractivity contribution in [1.29, 1.82) is 0 Å². The molecule has 1 atom stereocenters. The maximum absolute atomic E-state index is 11.5. The average Bonchev–Trinajstić information content (AvgIpc) is 2.30. The summed E-state index contributed by atoms with van der Waals surface area (Å²) in [6.45, 7) is 0. The number of benzene rings is 1. The largest absolute Gasteiger partial charge is 0.397 e. The number of nitrogens with one attached hydrogen (secondary N) is 1. The van der Waals surface area contributed by atoms with Gasteiger partial charge in [0.1, 0.15) is 0 Å². The summed E-state index contributed by atoms with van der Waals surface area (Å²) in [5.41, 5.74) is 12.3. The lowest BCUT2D eigenvalue weighted by atomic mass is 10.1. The SMILES string of the molecule is NC(=O)c1ccc(NC2CCCS(=O)(=O)C2)c(N)c1. The first-order chi connectivity index (χ1) is 8.87. The highest BCUT2D eigenvalue weighted by Crippen LogP contribution is 2.23. The summed E-state index contributed by atoms with van der Waals surface area (Å²) in [6.07, 6.45) is 1.44. The third kappa shape index (κ3) is 3.37. The van der Waals surface area contributed by atoms with Crippen LogP contribution in [0.15, 0.2) is 18.2 Å². The Hall–Kier alpha value is -1.76. The minimum Gasteiger partial charge on any atom is -0.397 e. The van der Waals surface area contributed by atoms with Gasteiger partial charge in [-0.2, -0.15) is 0 Å². The average molecular weight is 283 g/mol. The van der Waals surface area contributed by atoms with E-state index < -0.39 is 15.7 Å². The van der Waals surface area contributed by atoms with E-state index in [2.05, 4.69) is 5.32 Å². The molecule has 1 heterocycles. The van der Waals surface area contributed by atoms with Gasteiger partial charge in [-0.05, 0) is 31.0 Å². The Morgan fingerprint density at radius 1 is 1.37 bits per heavy atom. The Morgan fingerprint density at radius 2 is 2.11 bits per heavy atom. The number of sulfone groups is 1. The molecule has 0 bridgehead atoms. The number of anilines is 2. The molecule has 0 saturated carbocycles. The van der Waals surface area contributed by atoms with Crippen LogP contribution in [0.1, 0.15) is 23.2 Å². The summed E-state index contributed by atoms with van der Waals surface area (Å²) in [4.78, 5) is 11.0. The van der Waals surface area contributed by atoms with E-state index in [1.54, 1.807) is 12.1 Å². The van der Waals surface area contributed by atoms with Gasteiger partial charge in [0.25, 0.3) is 0 Å². The van der Waals surface area contributed by atoms with Crippen molar-refractivity contribution in [2.45, 2.75) is 18.9 Å². The molecule has 5 N–H and O–H groups in total. The number of nitrogen functional groups attached to an aromatic ring is 1. The number of hydrogen-bond acceptors (Lipinski definition) is 5. The van der Waals surface area contributed by atoms with Gasteiger partial charge >= 0.3 is 0 Å². The van der Waals surface area contributed by atoms with Crippen molar-refractivity contribution in [2.24, 2.45) is 5.73 Å². The molecule has 1 aromatic carbocycles. The maximum atomic E-state index is 11.5. The molecule has 1 fully saturated rings. The lowest BCUT2D eigenvalue weighted by Gasteiger charge is -2.24. The summed E-state index contributed by atoms with van der Waals surface area (Å²) in [5, 5.41) is 3.11. The van der Waals surface area contributed by atoms with Crippen LogP contribution in [-0.4, -0.2) is 31.9 Å². The fourth-order valence-electron chi connectivity index (χ4n) is 2.20. The molecule has 2 rings (SSSR count). The van der Waals surface area contributed by atoms with Crippen molar-refractivity contribution in [3.63, 3.8) is 0 Å². The van der Waals surface area contributed by atoms with Crippen molar-refractivity contribution in [3.8, 4) is 0 Å². The van der Waals surface area contributed by atoms with Crippen molar-refractivity contribution in [1.82, 2.24) is 0 Å². The third-order valence-corrected chi connectivity index (χ3v) is 4.98. The summed E-state index contributed by atoms with van der Waals surface area (Å²) >= 11 is 0. The molecule has 1 aromatic rings. The smallest absolute Gasteiger partial charge is 0.248 e. The van der Waals surface area contributed by atoms with Crippen LogP contribution in [0, 0.1) is 0 Å². The second-order valence-electron chi connectivity index (χ2n) is 4.76. The molecule has 0 aromatic heterocycles. The first-order valence-electron chi connectivity index (χ1n) is 6.04. The first-order valence-corrected chi connectivity index (χ1v) is 7.86. The van der Waals surface area contributed by atoms with E-state index in [-0.39, 0.29) is 17.5 Å². The number of carbonyl (C=O) groups is 1. The van der Waals surface area contributed by atoms with E-state index in [0.29, 0.717) is 23.4 Å². The van der Waals surface area contributed by atoms with Crippen molar-refractivity contribution >= 4 is 27.1 Å². The Bertz CT molecular complexity index is 598. The predicted molar refractivity (Wildman–Crippen MR) is 74.7 cm³/mol. The number of amides is 1. The fraction of sp³-hybridized carbons (Fsp3) is 0.417. The molecule has 104 valence electrons. The van der Waals surface area contributed by atoms with Crippen LogP contribution in [0.4, 0.5) is 11.4 Å². The summed E-state index contributed by atoms with van der Waals surface area (Å²) < 4.78 is 23.1. The van der Waals surface area contributed by atoms with Gasteiger partial charge in [0.05, 0.1) is 22.9 Å². The second kappa shape index (κ2) is 5.08. The van der Waals surface area contributed by atoms with Gasteiger partial charge in [-0.3, -0.25) is 4.79 Å². The lowest BCUT2D eigenvalue weighted by molar-refractivity contribution is 0.100. The highest BCUT2D eigenvalue weighted by Gasteiger charge is 2.24. The molecule has 1 aliphatic heterocycles. The highest BCUT2D eigenvalue weighted by molar-refractivity contribution is 7.91. The monoisotopic (exact) mass is 283 g/mol. The maximum Gasteiger partial charge on any atom is 0.248 e. The molecule has 6 nitrogen and oxygen atoms in total. The molecule has 0 aliphatic carbocycles. The normalized spacial score (nSPS) is 21.8. The Labute approximate surface area is 112 Å². The van der Waals surface area contributed by atoms with E-state index in [4.69, 9.17) is 11.5 Å². The van der Waals surface area contributed by atoms with Crippen LogP contribution in [-0.2, 0) is 9.84 Å². The zero-order chi connectivity index (χ0) is 14.0. The van der Waals surface area contributed by atoms with Crippen LogP contribution < -0.4 is 16.8 Å². The predicted octanol–water partition coefficient (Wildman–Crippen LogP) is 0.357. The molecular weight excluding hydrogens is 266 g/mol. The third-order valence-electron chi connectivity index (χ3n) is 3.16. The second-order valence-corrected chi connectivity index (χ2v) is 6.99. The molecule has 1 unspecified atom stereocenters. The number of carbonyl (C=O) groups excluding carboxylic acids is 1. The van der Waals surface area contributed by atoms with Gasteiger partial charge in [0, 0.05) is 11.6 Å². The number of nitrogens with two attached hydrogens (primary N) is 2. The lowest BCUT2D eigenvalue weighted by Crippen LogP contribution is -2.35. The quantitative estimate of drug-likeness (QED) is 0.693. The van der Waals surface area contributed by atoms with E-state index in [1.807, 2.05) is 0 Å². The zero-order valence-electron chi connectivity index (χ0n) is 10.4. The van der Waals surface area contributed by atoms with Gasteiger partial charge in [0.2, 0.25) is 5.91 Å². The molecular formula is C12H17N3O3S. The van der Waals surface area contributed by atoms with E-state index in [9.17, 15) is 13.2 Å². The number of hydrogen-bond donors (Lipinski definition) is 3. The standard InChI is InChI=1S/C12H17N3O3S/c13-10-6-8(12(14)16)3-4-11(10)15-9-2-1-5-19(17,18)7-9/h3-4,6,9,15H,1-2,5,7,13H2,(H2,14,16). The molecule has 7 heteroatoms. The van der Waals surface area contributed by atoms with Gasteiger partial charge in [0.15, 0.2) is 9.84 Å². The molecule has 1 saturated heterocycles. The van der Waals surface area contributed by atoms with E-state index >= 15 is 0 Å². The number of primary amides is 1. The van der Waals surface area contributed by atoms with Crippen LogP contribution in [0.5, 0.6) is 0 Å². The number of rotatable bonds is 3. The minimum atomic E-state index is -2.96. The summed E-state index contributed by atoms with van der Waals surface area (Å²) in [5.74, 6) is -0.177. The van der Waals surface area contributed by atoms with Crippen LogP contribution in [0.3, 0.4) is 0 Å². The zero-order valence-corrected chi connectivity index (χ0v) is 11.2. The van der Waals surface area contributed by atoms with Gasteiger partial charge in [-0.1, -0.05) is 0 Å². The van der Waals surface area contributed by atoms with Crippen molar-refractivity contribution in [2.75, 3.05) is 22.6 Å². The Balaban J connectivity index is 2.13. The highest BCUT2D eigenvalue weighted by atomic mass is 32.2. The van der Waals surface area contributed by atoms with E-state index in [0.717, 1.165) is 6.42 Å². The summed E-state index contributed by atoms with van der Waals surface area (Å²) in [6, 6.07) is 4.57. The fourth-order valence-corrected chi connectivity index (χ4v) is 3.84. The van der Waals surface area contributed by atoms with E-state index in [1.165, 1.54) is 6.07 Å². The minimum absolute atomic E-state index is 0.115. The van der Waals surface area contributed by atoms with Gasteiger partial charge in [-0.15, -0.1) is 0 Å². The van der Waals surface area contributed by atoms with Crippen LogP contribution in [0.25, 0.3) is 0 Å². The molecule has 0 radical (unpaired) electrons. The summed E-state index contributed by atoms with van der Waals surface area (Å²) in [7, 11) is -2.96. The molecule has 1 aliphatic rings. The molecule has 0 spiro atoms. The van der Waals surface area contributed by atoms with Crippen molar-refractivity contribution < 1.29 is 13.2 Å². The van der Waals surface area contributed by atoms with Gasteiger partial charge in [-0.25, -0.2) is 8.42 Å². The topological polar surface area (TPSA) is 115 Å². The Kier molecular flexibility index (Phi) is 3.66. The van der Waals surface area contributed by atoms with Crippen LogP contribution in [0.2, 0.25) is 0 Å².